The van der Waals surface area contributed by atoms with E-state index in [-0.39, 0.29) is 6.42 Å². The number of hydrogen-bond donors (Lipinski definition) is 2. The topological polar surface area (TPSA) is 110 Å². The van der Waals surface area contributed by atoms with Gasteiger partial charge in [-0.2, -0.15) is 0 Å². The Bertz CT molecular complexity index is 597. The third-order valence-corrected chi connectivity index (χ3v) is 5.11. The molecule has 0 saturated carbocycles. The van der Waals surface area contributed by atoms with Crippen LogP contribution >= 0.6 is 0 Å². The number of aliphatic hydroxyl groups excluding tert-OH is 2. The van der Waals surface area contributed by atoms with Crippen LogP contribution in [0.5, 0.6) is 0 Å². The Balaban J connectivity index is 1.95. The minimum atomic E-state index is -1.87. The van der Waals surface area contributed by atoms with E-state index in [1.165, 1.54) is 25.7 Å². The van der Waals surface area contributed by atoms with Crippen molar-refractivity contribution >= 4 is 17.7 Å². The Morgan fingerprint density at radius 3 is 2.23 bits per heavy atom. The molecule has 0 spiro atoms. The van der Waals surface area contributed by atoms with Gasteiger partial charge in [0.1, 0.15) is 12.7 Å². The molecule has 1 aliphatic heterocycles. The Hall–Kier alpha value is -1.99. The lowest BCUT2D eigenvalue weighted by Crippen LogP contribution is -2.38. The Morgan fingerprint density at radius 2 is 1.61 bits per heavy atom. The zero-order chi connectivity index (χ0) is 22.9. The minimum Gasteiger partial charge on any atom is -0.463 e. The van der Waals surface area contributed by atoms with Crippen LogP contribution in [0.1, 0.15) is 84.0 Å². The van der Waals surface area contributed by atoms with E-state index in [4.69, 9.17) is 4.74 Å². The maximum Gasteiger partial charge on any atom is 0.343 e. The number of carbonyl (C=O) groups excluding carboxylic acids is 3. The Kier molecular flexibility index (Phi) is 14.5. The number of Topliss-reactive ketones (excluding diaryl/α,β-unsaturated/α-hetero) is 1. The highest BCUT2D eigenvalue weighted by molar-refractivity contribution is 6.09. The molecule has 0 aromatic heterocycles. The summed E-state index contributed by atoms with van der Waals surface area (Å²) in [6.07, 6.45) is 16.3. The molecule has 31 heavy (non-hydrogen) atoms. The number of unbranched alkanes of at least 4 members (excludes halogenated alkanes) is 8. The van der Waals surface area contributed by atoms with Gasteiger partial charge in [0.05, 0.1) is 0 Å². The van der Waals surface area contributed by atoms with Crippen molar-refractivity contribution in [1.82, 2.24) is 0 Å². The van der Waals surface area contributed by atoms with Crippen molar-refractivity contribution in [3.05, 3.63) is 24.3 Å². The van der Waals surface area contributed by atoms with Crippen LogP contribution in [-0.4, -0.2) is 52.9 Å². The average Bonchev–Trinajstić information content (AvgIpc) is 3.02. The van der Waals surface area contributed by atoms with Crippen LogP contribution in [0.2, 0.25) is 0 Å². The van der Waals surface area contributed by atoms with Crippen molar-refractivity contribution in [2.45, 2.75) is 102 Å². The fourth-order valence-electron chi connectivity index (χ4n) is 3.21. The first-order valence-corrected chi connectivity index (χ1v) is 11.5. The molecule has 176 valence electrons. The van der Waals surface area contributed by atoms with Crippen LogP contribution in [0.15, 0.2) is 24.3 Å². The summed E-state index contributed by atoms with van der Waals surface area (Å²) in [6.45, 7) is 1.77. The molecule has 2 N–H and O–H groups in total. The first-order chi connectivity index (χ1) is 15.0. The first-order valence-electron chi connectivity index (χ1n) is 11.5. The SMILES string of the molecule is CCCCCC=CCC=CCCCCCCCC(=O)OC[C@H](O)[C@H]1OC(=O)C(O)C1=O. The van der Waals surface area contributed by atoms with Crippen LogP contribution in [-0.2, 0) is 23.9 Å². The zero-order valence-electron chi connectivity index (χ0n) is 18.7. The normalized spacial score (nSPS) is 20.0. The molecule has 1 rings (SSSR count). The average molecular weight is 439 g/mol. The summed E-state index contributed by atoms with van der Waals surface area (Å²) >= 11 is 0. The summed E-state index contributed by atoms with van der Waals surface area (Å²) < 4.78 is 9.51. The quantitative estimate of drug-likeness (QED) is 0.155. The molecule has 0 aromatic rings. The molecule has 0 aliphatic carbocycles. The van der Waals surface area contributed by atoms with Gasteiger partial charge in [-0.3, -0.25) is 9.59 Å². The number of rotatable bonds is 17. The molecular formula is C24H38O7. The van der Waals surface area contributed by atoms with Crippen LogP contribution in [0.4, 0.5) is 0 Å². The number of hydrogen-bond acceptors (Lipinski definition) is 7. The van der Waals surface area contributed by atoms with Gasteiger partial charge in [-0.1, -0.05) is 63.3 Å². The summed E-state index contributed by atoms with van der Waals surface area (Å²) in [5.41, 5.74) is 0. The fourth-order valence-corrected chi connectivity index (χ4v) is 3.21. The van der Waals surface area contributed by atoms with Gasteiger partial charge >= 0.3 is 11.9 Å². The molecule has 1 heterocycles. The zero-order valence-corrected chi connectivity index (χ0v) is 18.7. The second-order valence-electron chi connectivity index (χ2n) is 7.89. The number of allylic oxidation sites excluding steroid dienone is 4. The monoisotopic (exact) mass is 438 g/mol. The van der Waals surface area contributed by atoms with Gasteiger partial charge in [-0.05, 0) is 38.5 Å². The number of cyclic esters (lactones) is 1. The van der Waals surface area contributed by atoms with Crippen LogP contribution in [0.25, 0.3) is 0 Å². The van der Waals surface area contributed by atoms with Crippen molar-refractivity contribution in [3.8, 4) is 0 Å². The number of aliphatic hydroxyl groups is 2. The van der Waals surface area contributed by atoms with Crippen molar-refractivity contribution in [2.75, 3.05) is 6.61 Å². The van der Waals surface area contributed by atoms with Crippen molar-refractivity contribution in [3.63, 3.8) is 0 Å². The van der Waals surface area contributed by atoms with Gasteiger partial charge in [0, 0.05) is 6.42 Å². The molecule has 0 aromatic carbocycles. The Labute approximate surface area is 185 Å². The lowest BCUT2D eigenvalue weighted by molar-refractivity contribution is -0.156. The van der Waals surface area contributed by atoms with Gasteiger partial charge in [0.2, 0.25) is 11.9 Å². The van der Waals surface area contributed by atoms with E-state index in [9.17, 15) is 24.6 Å². The van der Waals surface area contributed by atoms with Gasteiger partial charge in [-0.25, -0.2) is 4.79 Å². The van der Waals surface area contributed by atoms with E-state index in [0.717, 1.165) is 38.5 Å². The summed E-state index contributed by atoms with van der Waals surface area (Å²) in [5.74, 6) is -2.48. The second-order valence-corrected chi connectivity index (χ2v) is 7.89. The maximum atomic E-state index is 11.7. The molecule has 3 atom stereocenters. The van der Waals surface area contributed by atoms with E-state index in [2.05, 4.69) is 36.0 Å². The van der Waals surface area contributed by atoms with Crippen molar-refractivity contribution < 1.29 is 34.1 Å². The van der Waals surface area contributed by atoms with Crippen molar-refractivity contribution in [1.29, 1.82) is 0 Å². The van der Waals surface area contributed by atoms with E-state index >= 15 is 0 Å². The molecule has 0 radical (unpaired) electrons. The molecule has 1 unspecified atom stereocenters. The number of esters is 2. The predicted octanol–water partition coefficient (Wildman–Crippen LogP) is 3.56. The molecule has 0 bridgehead atoms. The Morgan fingerprint density at radius 1 is 1.00 bits per heavy atom. The lowest BCUT2D eigenvalue weighted by Gasteiger charge is -2.15. The predicted molar refractivity (Wildman–Crippen MR) is 117 cm³/mol. The van der Waals surface area contributed by atoms with E-state index in [1.807, 2.05) is 0 Å². The van der Waals surface area contributed by atoms with Gasteiger partial charge in [0.25, 0.3) is 0 Å². The van der Waals surface area contributed by atoms with E-state index < -0.39 is 42.6 Å². The second kappa shape index (κ2) is 16.7. The van der Waals surface area contributed by atoms with Crippen LogP contribution in [0.3, 0.4) is 0 Å². The van der Waals surface area contributed by atoms with Gasteiger partial charge < -0.3 is 19.7 Å². The third-order valence-electron chi connectivity index (χ3n) is 5.11. The highest BCUT2D eigenvalue weighted by Crippen LogP contribution is 2.15. The van der Waals surface area contributed by atoms with E-state index in [0.29, 0.717) is 6.42 Å². The minimum absolute atomic E-state index is 0.234. The third kappa shape index (κ3) is 11.8. The molecule has 1 saturated heterocycles. The van der Waals surface area contributed by atoms with E-state index in [1.54, 1.807) is 0 Å². The summed E-state index contributed by atoms with van der Waals surface area (Å²) in [6, 6.07) is 0. The molecular weight excluding hydrogens is 400 g/mol. The standard InChI is InChI=1S/C24H38O7/c1-2-3-4-5-6-7-8-9-10-11-12-13-14-15-16-17-20(26)30-18-19(25)23-21(27)22(28)24(29)31-23/h6-7,9-10,19,22-23,25,28H,2-5,8,11-18H2,1H3/t19-,22?,23+/m0/s1. The lowest BCUT2D eigenvalue weighted by atomic mass is 10.1. The smallest absolute Gasteiger partial charge is 0.343 e. The number of ether oxygens (including phenoxy) is 2. The number of carbonyl (C=O) groups is 3. The molecule has 1 fully saturated rings. The van der Waals surface area contributed by atoms with Crippen molar-refractivity contribution in [2.24, 2.45) is 0 Å². The van der Waals surface area contributed by atoms with Crippen LogP contribution < -0.4 is 0 Å². The fraction of sp³-hybridized carbons (Fsp3) is 0.708. The number of ketones is 1. The van der Waals surface area contributed by atoms with Crippen LogP contribution in [0, 0.1) is 0 Å². The molecule has 0 amide bonds. The highest BCUT2D eigenvalue weighted by atomic mass is 16.6. The first kappa shape index (κ1) is 27.0. The molecule has 1 aliphatic rings. The summed E-state index contributed by atoms with van der Waals surface area (Å²) in [7, 11) is 0. The maximum absolute atomic E-state index is 11.7. The molecule has 7 heteroatoms. The highest BCUT2D eigenvalue weighted by Gasteiger charge is 2.46. The summed E-state index contributed by atoms with van der Waals surface area (Å²) in [5, 5.41) is 19.0. The van der Waals surface area contributed by atoms with Gasteiger partial charge in [0.15, 0.2) is 6.10 Å². The van der Waals surface area contributed by atoms with Gasteiger partial charge in [-0.15, -0.1) is 0 Å². The summed E-state index contributed by atoms with van der Waals surface area (Å²) in [4.78, 5) is 34.3. The molecule has 7 nitrogen and oxygen atoms in total. The largest absolute Gasteiger partial charge is 0.463 e.